The Morgan fingerprint density at radius 3 is 2.76 bits per heavy atom. The molecule has 1 rings (SSSR count). The fraction of sp³-hybridized carbons (Fsp3) is 0.455. The fourth-order valence-electron chi connectivity index (χ4n) is 1.17. The molecule has 0 atom stereocenters. The quantitative estimate of drug-likeness (QED) is 0.848. The molecule has 0 unspecified atom stereocenters. The first-order chi connectivity index (χ1) is 8.04. The van der Waals surface area contributed by atoms with Gasteiger partial charge in [0, 0.05) is 6.54 Å². The first-order valence-electron chi connectivity index (χ1n) is 5.24. The first-order valence-corrected chi connectivity index (χ1v) is 6.85. The Hall–Kier alpha value is -0.880. The van der Waals surface area contributed by atoms with Crippen LogP contribution in [0, 0.1) is 6.92 Å². The molecule has 0 bridgehead atoms. The molecule has 17 heavy (non-hydrogen) atoms. The van der Waals surface area contributed by atoms with Crippen LogP contribution in [0.3, 0.4) is 0 Å². The monoisotopic (exact) mass is 319 g/mol. The zero-order valence-electron chi connectivity index (χ0n) is 9.71. The van der Waals surface area contributed by atoms with Gasteiger partial charge >= 0.3 is 5.97 Å². The Kier molecular flexibility index (Phi) is 5.64. The number of thiophene rings is 1. The summed E-state index contributed by atoms with van der Waals surface area (Å²) in [6, 6.07) is 1.81. The van der Waals surface area contributed by atoms with E-state index in [2.05, 4.69) is 21.2 Å². The van der Waals surface area contributed by atoms with Crippen LogP contribution in [-0.2, 0) is 9.53 Å². The van der Waals surface area contributed by atoms with Crippen LogP contribution in [0.5, 0.6) is 0 Å². The molecule has 0 saturated carbocycles. The number of amides is 1. The molecule has 0 radical (unpaired) electrons. The normalized spacial score (nSPS) is 10.1. The Morgan fingerprint density at radius 2 is 2.24 bits per heavy atom. The van der Waals surface area contributed by atoms with Gasteiger partial charge in [-0.25, -0.2) is 0 Å². The molecule has 1 aromatic rings. The molecule has 6 heteroatoms. The average Bonchev–Trinajstić information content (AvgIpc) is 2.59. The van der Waals surface area contributed by atoms with Crippen LogP contribution in [0.2, 0.25) is 0 Å². The molecule has 0 spiro atoms. The van der Waals surface area contributed by atoms with E-state index in [1.165, 1.54) is 11.3 Å². The van der Waals surface area contributed by atoms with Gasteiger partial charge in [-0.15, -0.1) is 11.3 Å². The minimum absolute atomic E-state index is 0.159. The Bertz CT molecular complexity index is 397. The molecular weight excluding hydrogens is 306 g/mol. The standard InChI is InChI=1S/C11H14BrNO3S/c1-3-16-9(14)4-5-13-11(15)8-6-7(2)10(12)17-8/h6H,3-5H2,1-2H3,(H,13,15). The number of carbonyl (C=O) groups is 2. The van der Waals surface area contributed by atoms with Crippen molar-refractivity contribution in [1.82, 2.24) is 5.32 Å². The van der Waals surface area contributed by atoms with Crippen molar-refractivity contribution >= 4 is 39.1 Å². The molecule has 1 amide bonds. The van der Waals surface area contributed by atoms with Gasteiger partial charge in [0.2, 0.25) is 0 Å². The van der Waals surface area contributed by atoms with Crippen molar-refractivity contribution in [2.24, 2.45) is 0 Å². The maximum absolute atomic E-state index is 11.7. The van der Waals surface area contributed by atoms with Crippen LogP contribution >= 0.6 is 27.3 Å². The van der Waals surface area contributed by atoms with Crippen molar-refractivity contribution in [1.29, 1.82) is 0 Å². The summed E-state index contributed by atoms with van der Waals surface area (Å²) in [4.78, 5) is 23.4. The lowest BCUT2D eigenvalue weighted by Crippen LogP contribution is -2.25. The number of halogens is 1. The highest BCUT2D eigenvalue weighted by Crippen LogP contribution is 2.27. The topological polar surface area (TPSA) is 55.4 Å². The van der Waals surface area contributed by atoms with Gasteiger partial charge in [0.1, 0.15) is 0 Å². The van der Waals surface area contributed by atoms with Crippen LogP contribution in [0.4, 0.5) is 0 Å². The van der Waals surface area contributed by atoms with E-state index < -0.39 is 0 Å². The summed E-state index contributed by atoms with van der Waals surface area (Å²) in [5.41, 5.74) is 1.03. The van der Waals surface area contributed by atoms with E-state index in [-0.39, 0.29) is 18.3 Å². The van der Waals surface area contributed by atoms with Crippen molar-refractivity contribution in [2.45, 2.75) is 20.3 Å². The van der Waals surface area contributed by atoms with Crippen LogP contribution < -0.4 is 5.32 Å². The third-order valence-electron chi connectivity index (χ3n) is 2.00. The smallest absolute Gasteiger partial charge is 0.307 e. The van der Waals surface area contributed by atoms with Gasteiger partial charge in [0.05, 0.1) is 21.7 Å². The molecular formula is C11H14BrNO3S. The number of esters is 1. The van der Waals surface area contributed by atoms with Gasteiger partial charge in [0.25, 0.3) is 5.91 Å². The lowest BCUT2D eigenvalue weighted by molar-refractivity contribution is -0.142. The van der Waals surface area contributed by atoms with E-state index in [0.29, 0.717) is 18.0 Å². The van der Waals surface area contributed by atoms with E-state index >= 15 is 0 Å². The van der Waals surface area contributed by atoms with Crippen molar-refractivity contribution in [2.75, 3.05) is 13.2 Å². The minimum atomic E-state index is -0.295. The van der Waals surface area contributed by atoms with E-state index in [4.69, 9.17) is 4.74 Å². The summed E-state index contributed by atoms with van der Waals surface area (Å²) in [5.74, 6) is -0.454. The zero-order chi connectivity index (χ0) is 12.8. The lowest BCUT2D eigenvalue weighted by atomic mass is 10.3. The van der Waals surface area contributed by atoms with Gasteiger partial charge < -0.3 is 10.1 Å². The van der Waals surface area contributed by atoms with Gasteiger partial charge in [-0.2, -0.15) is 0 Å². The Balaban J connectivity index is 2.37. The Labute approximate surface area is 112 Å². The van der Waals surface area contributed by atoms with Crippen molar-refractivity contribution in [3.05, 3.63) is 20.3 Å². The van der Waals surface area contributed by atoms with Crippen molar-refractivity contribution in [3.63, 3.8) is 0 Å². The summed E-state index contributed by atoms with van der Waals surface area (Å²) < 4.78 is 5.71. The van der Waals surface area contributed by atoms with E-state index in [9.17, 15) is 9.59 Å². The largest absolute Gasteiger partial charge is 0.466 e. The first kappa shape index (κ1) is 14.2. The summed E-state index contributed by atoms with van der Waals surface area (Å²) in [6.07, 6.45) is 0.200. The molecule has 1 heterocycles. The maximum Gasteiger partial charge on any atom is 0.307 e. The molecule has 1 N–H and O–H groups in total. The summed E-state index contributed by atoms with van der Waals surface area (Å²) in [6.45, 7) is 4.34. The third kappa shape index (κ3) is 4.47. The molecule has 0 aliphatic rings. The summed E-state index contributed by atoms with van der Waals surface area (Å²) in [5, 5.41) is 2.68. The maximum atomic E-state index is 11.7. The predicted octanol–water partition coefficient (Wildman–Crippen LogP) is 2.50. The average molecular weight is 320 g/mol. The number of hydrogen-bond donors (Lipinski definition) is 1. The number of aryl methyl sites for hydroxylation is 1. The molecule has 0 fully saturated rings. The second-order valence-corrected chi connectivity index (χ2v) is 5.75. The molecule has 0 aromatic carbocycles. The fourth-order valence-corrected chi connectivity index (χ4v) is 2.62. The Morgan fingerprint density at radius 1 is 1.53 bits per heavy atom. The third-order valence-corrected chi connectivity index (χ3v) is 4.14. The van der Waals surface area contributed by atoms with Gasteiger partial charge in [0.15, 0.2) is 0 Å². The van der Waals surface area contributed by atoms with E-state index in [1.807, 2.05) is 13.0 Å². The second-order valence-electron chi connectivity index (χ2n) is 3.38. The van der Waals surface area contributed by atoms with Crippen LogP contribution in [-0.4, -0.2) is 25.0 Å². The van der Waals surface area contributed by atoms with Crippen LogP contribution in [0.25, 0.3) is 0 Å². The van der Waals surface area contributed by atoms with Gasteiger partial charge in [-0.1, -0.05) is 0 Å². The van der Waals surface area contributed by atoms with E-state index in [0.717, 1.165) is 9.35 Å². The van der Waals surface area contributed by atoms with Crippen LogP contribution in [0.15, 0.2) is 9.85 Å². The number of ether oxygens (including phenoxy) is 1. The molecule has 1 aromatic heterocycles. The summed E-state index contributed by atoms with van der Waals surface area (Å²) >= 11 is 4.74. The molecule has 0 aliphatic heterocycles. The lowest BCUT2D eigenvalue weighted by Gasteiger charge is -2.03. The number of nitrogens with one attached hydrogen (secondary N) is 1. The second kappa shape index (κ2) is 6.76. The summed E-state index contributed by atoms with van der Waals surface area (Å²) in [7, 11) is 0. The van der Waals surface area contributed by atoms with Crippen molar-refractivity contribution in [3.8, 4) is 0 Å². The SMILES string of the molecule is CCOC(=O)CCNC(=O)c1cc(C)c(Br)s1. The zero-order valence-corrected chi connectivity index (χ0v) is 12.1. The van der Waals surface area contributed by atoms with Gasteiger partial charge in [-0.3, -0.25) is 9.59 Å². The number of rotatable bonds is 5. The number of hydrogen-bond acceptors (Lipinski definition) is 4. The minimum Gasteiger partial charge on any atom is -0.466 e. The molecule has 94 valence electrons. The molecule has 0 aliphatic carbocycles. The predicted molar refractivity (Wildman–Crippen MR) is 70.3 cm³/mol. The van der Waals surface area contributed by atoms with Crippen molar-refractivity contribution < 1.29 is 14.3 Å². The van der Waals surface area contributed by atoms with Gasteiger partial charge in [-0.05, 0) is 41.4 Å². The highest BCUT2D eigenvalue weighted by atomic mass is 79.9. The van der Waals surface area contributed by atoms with E-state index in [1.54, 1.807) is 6.92 Å². The molecule has 0 saturated heterocycles. The highest BCUT2D eigenvalue weighted by Gasteiger charge is 2.11. The number of carbonyl (C=O) groups excluding carboxylic acids is 2. The molecule has 4 nitrogen and oxygen atoms in total. The highest BCUT2D eigenvalue weighted by molar-refractivity contribution is 9.11. The van der Waals surface area contributed by atoms with Crippen LogP contribution in [0.1, 0.15) is 28.6 Å².